The second-order valence-corrected chi connectivity index (χ2v) is 7.44. The number of likely N-dealkylation sites (tertiary alicyclic amines) is 2. The van der Waals surface area contributed by atoms with E-state index in [1.54, 1.807) is 0 Å². The third kappa shape index (κ3) is 3.33. The molecule has 2 aromatic rings. The molecule has 1 aromatic carbocycles. The topological polar surface area (TPSA) is 56.4 Å². The van der Waals surface area contributed by atoms with Gasteiger partial charge in [-0.3, -0.25) is 14.5 Å². The van der Waals surface area contributed by atoms with Crippen molar-refractivity contribution < 1.29 is 4.79 Å². The van der Waals surface area contributed by atoms with E-state index in [2.05, 4.69) is 26.9 Å². The maximum absolute atomic E-state index is 12.5. The van der Waals surface area contributed by atoms with Crippen molar-refractivity contribution in [3.8, 4) is 0 Å². The molecule has 1 amide bonds. The van der Waals surface area contributed by atoms with E-state index in [9.17, 15) is 9.59 Å². The van der Waals surface area contributed by atoms with Crippen LogP contribution in [0.5, 0.6) is 0 Å². The highest BCUT2D eigenvalue weighted by Crippen LogP contribution is 2.22. The lowest BCUT2D eigenvalue weighted by Gasteiger charge is -2.37. The number of H-pyrrole nitrogens is 1. The van der Waals surface area contributed by atoms with Crippen LogP contribution in [0.3, 0.4) is 0 Å². The molecule has 0 aliphatic carbocycles. The van der Waals surface area contributed by atoms with Gasteiger partial charge < -0.3 is 9.88 Å². The molecule has 0 unspecified atom stereocenters. The van der Waals surface area contributed by atoms with Crippen molar-refractivity contribution in [1.82, 2.24) is 14.8 Å². The largest absolute Gasteiger partial charge is 0.338 e. The molecule has 1 atom stereocenters. The Kier molecular flexibility index (Phi) is 4.34. The van der Waals surface area contributed by atoms with E-state index in [4.69, 9.17) is 0 Å². The maximum atomic E-state index is 12.5. The smallest absolute Gasteiger partial charge is 0.252 e. The quantitative estimate of drug-likeness (QED) is 0.934. The van der Waals surface area contributed by atoms with Crippen LogP contribution in [0.25, 0.3) is 10.9 Å². The van der Waals surface area contributed by atoms with Crippen molar-refractivity contribution in [1.29, 1.82) is 0 Å². The van der Waals surface area contributed by atoms with Gasteiger partial charge in [-0.1, -0.05) is 12.1 Å². The molecule has 2 saturated heterocycles. The zero-order chi connectivity index (χ0) is 17.4. The lowest BCUT2D eigenvalue weighted by molar-refractivity contribution is -0.130. The Hall–Kier alpha value is -2.14. The summed E-state index contributed by atoms with van der Waals surface area (Å²) in [6.07, 6.45) is 3.84. The molecule has 0 spiro atoms. The minimum Gasteiger partial charge on any atom is -0.338 e. The van der Waals surface area contributed by atoms with E-state index in [1.807, 2.05) is 19.1 Å². The van der Waals surface area contributed by atoms with Crippen LogP contribution >= 0.6 is 0 Å². The van der Waals surface area contributed by atoms with Gasteiger partial charge >= 0.3 is 0 Å². The van der Waals surface area contributed by atoms with Crippen LogP contribution in [0.15, 0.2) is 29.1 Å². The number of hydrogen-bond donors (Lipinski definition) is 1. The number of aromatic amines is 1. The van der Waals surface area contributed by atoms with Gasteiger partial charge in [0.05, 0.1) is 0 Å². The number of carbonyl (C=O) groups excluding carboxylic acids is 1. The number of rotatable bonds is 3. The first kappa shape index (κ1) is 16.3. The van der Waals surface area contributed by atoms with Gasteiger partial charge in [0.2, 0.25) is 5.91 Å². The van der Waals surface area contributed by atoms with Crippen molar-refractivity contribution in [2.24, 2.45) is 0 Å². The van der Waals surface area contributed by atoms with Crippen LogP contribution in [-0.4, -0.2) is 46.4 Å². The number of pyridine rings is 1. The van der Waals surface area contributed by atoms with Gasteiger partial charge in [0.15, 0.2) is 0 Å². The Morgan fingerprint density at radius 3 is 2.84 bits per heavy atom. The number of amides is 1. The van der Waals surface area contributed by atoms with E-state index in [-0.39, 0.29) is 5.56 Å². The van der Waals surface area contributed by atoms with Crippen molar-refractivity contribution in [2.45, 2.75) is 45.2 Å². The molecule has 2 aliphatic rings. The van der Waals surface area contributed by atoms with Crippen LogP contribution < -0.4 is 5.56 Å². The Morgan fingerprint density at radius 2 is 2.04 bits per heavy atom. The molecule has 0 bridgehead atoms. The predicted molar refractivity (Wildman–Crippen MR) is 98.6 cm³/mol. The van der Waals surface area contributed by atoms with E-state index in [0.29, 0.717) is 24.9 Å². The van der Waals surface area contributed by atoms with Crippen LogP contribution in [0.2, 0.25) is 0 Å². The maximum Gasteiger partial charge on any atom is 0.252 e. The molecule has 4 rings (SSSR count). The molecule has 5 heteroatoms. The number of hydrogen-bond acceptors (Lipinski definition) is 3. The monoisotopic (exact) mass is 339 g/mol. The molecule has 25 heavy (non-hydrogen) atoms. The number of fused-ring (bicyclic) bond motifs is 1. The lowest BCUT2D eigenvalue weighted by Crippen LogP contribution is -2.48. The van der Waals surface area contributed by atoms with Crippen LogP contribution in [0.1, 0.15) is 36.8 Å². The Bertz CT molecular complexity index is 858. The molecule has 132 valence electrons. The zero-order valence-corrected chi connectivity index (χ0v) is 14.8. The summed E-state index contributed by atoms with van der Waals surface area (Å²) in [5, 5.41) is 1.07. The van der Waals surface area contributed by atoms with E-state index in [1.165, 1.54) is 0 Å². The van der Waals surface area contributed by atoms with Crippen LogP contribution in [0, 0.1) is 6.92 Å². The van der Waals surface area contributed by atoms with Crippen molar-refractivity contribution in [3.05, 3.63) is 45.7 Å². The van der Waals surface area contributed by atoms with Crippen molar-refractivity contribution in [2.75, 3.05) is 19.6 Å². The summed E-state index contributed by atoms with van der Waals surface area (Å²) in [5.41, 5.74) is 2.85. The lowest BCUT2D eigenvalue weighted by atomic mass is 10.0. The molecule has 0 radical (unpaired) electrons. The number of nitrogens with one attached hydrogen (secondary N) is 1. The highest BCUT2D eigenvalue weighted by molar-refractivity contribution is 5.79. The van der Waals surface area contributed by atoms with Gasteiger partial charge in [0.25, 0.3) is 5.56 Å². The second kappa shape index (κ2) is 6.64. The van der Waals surface area contributed by atoms with Crippen molar-refractivity contribution >= 4 is 16.8 Å². The fraction of sp³-hybridized carbons (Fsp3) is 0.500. The Labute approximate surface area is 147 Å². The van der Waals surface area contributed by atoms with E-state index >= 15 is 0 Å². The summed E-state index contributed by atoms with van der Waals surface area (Å²) in [6.45, 7) is 5.44. The van der Waals surface area contributed by atoms with Gasteiger partial charge in [0, 0.05) is 43.2 Å². The SMILES string of the molecule is Cc1ccc2cc(CN3CCC[C@@H](N4CCCC4=O)C3)c(=O)[nH]c2c1. The normalized spacial score (nSPS) is 22.0. The van der Waals surface area contributed by atoms with Crippen LogP contribution in [-0.2, 0) is 11.3 Å². The minimum atomic E-state index is -0.00234. The molecule has 2 fully saturated rings. The number of nitrogens with zero attached hydrogens (tertiary/aromatic N) is 2. The molecule has 1 N–H and O–H groups in total. The summed E-state index contributed by atoms with van der Waals surface area (Å²) < 4.78 is 0. The molecular formula is C20H25N3O2. The van der Waals surface area contributed by atoms with Gasteiger partial charge in [-0.15, -0.1) is 0 Å². The first-order valence-corrected chi connectivity index (χ1v) is 9.24. The summed E-state index contributed by atoms with van der Waals surface area (Å²) >= 11 is 0. The third-order valence-corrected chi connectivity index (χ3v) is 5.50. The average Bonchev–Trinajstić information content (AvgIpc) is 3.02. The summed E-state index contributed by atoms with van der Waals surface area (Å²) in [4.78, 5) is 31.9. The molecule has 5 nitrogen and oxygen atoms in total. The van der Waals surface area contributed by atoms with Gasteiger partial charge in [-0.05, 0) is 55.8 Å². The van der Waals surface area contributed by atoms with Crippen LogP contribution in [0.4, 0.5) is 0 Å². The van der Waals surface area contributed by atoms with E-state index < -0.39 is 0 Å². The zero-order valence-electron chi connectivity index (χ0n) is 14.8. The molecule has 1 aromatic heterocycles. The Balaban J connectivity index is 1.52. The number of aryl methyl sites for hydroxylation is 1. The second-order valence-electron chi connectivity index (χ2n) is 7.44. The first-order valence-electron chi connectivity index (χ1n) is 9.24. The summed E-state index contributed by atoms with van der Waals surface area (Å²) in [5.74, 6) is 0.297. The molecule has 3 heterocycles. The fourth-order valence-corrected chi connectivity index (χ4v) is 4.20. The molecular weight excluding hydrogens is 314 g/mol. The molecule has 2 aliphatic heterocycles. The molecule has 0 saturated carbocycles. The number of piperidine rings is 1. The minimum absolute atomic E-state index is 0.00234. The third-order valence-electron chi connectivity index (χ3n) is 5.50. The number of aromatic nitrogens is 1. The number of carbonyl (C=O) groups is 1. The summed E-state index contributed by atoms with van der Waals surface area (Å²) in [6, 6.07) is 8.46. The fourth-order valence-electron chi connectivity index (χ4n) is 4.20. The van der Waals surface area contributed by atoms with Gasteiger partial charge in [-0.25, -0.2) is 0 Å². The Morgan fingerprint density at radius 1 is 1.16 bits per heavy atom. The highest BCUT2D eigenvalue weighted by atomic mass is 16.2. The summed E-state index contributed by atoms with van der Waals surface area (Å²) in [7, 11) is 0. The first-order chi connectivity index (χ1) is 12.1. The van der Waals surface area contributed by atoms with E-state index in [0.717, 1.165) is 60.9 Å². The average molecular weight is 339 g/mol. The van der Waals surface area contributed by atoms with Gasteiger partial charge in [0.1, 0.15) is 0 Å². The van der Waals surface area contributed by atoms with Gasteiger partial charge in [-0.2, -0.15) is 0 Å². The number of benzene rings is 1. The standard InChI is InChI=1S/C20H25N3O2/c1-14-6-7-15-11-16(20(25)21-18(15)10-14)12-22-8-2-4-17(13-22)23-9-3-5-19(23)24/h6-7,10-11,17H,2-5,8-9,12-13H2,1H3,(H,21,25)/t17-/m1/s1. The van der Waals surface area contributed by atoms with Crippen molar-refractivity contribution in [3.63, 3.8) is 0 Å². The predicted octanol–water partition coefficient (Wildman–Crippen LogP) is 2.42. The highest BCUT2D eigenvalue weighted by Gasteiger charge is 2.31.